The quantitative estimate of drug-likeness (QED) is 0.140. The minimum Gasteiger partial charge on any atom is -0.336 e. The summed E-state index contributed by atoms with van der Waals surface area (Å²) in [6, 6.07) is 0. The molecule has 0 rings (SSSR count). The lowest BCUT2D eigenvalue weighted by molar-refractivity contribution is -0.124. The van der Waals surface area contributed by atoms with E-state index < -0.39 is 0 Å². The van der Waals surface area contributed by atoms with Crippen LogP contribution in [-0.4, -0.2) is 18.0 Å². The Morgan fingerprint density at radius 1 is 0.500 bits per heavy atom. The fourth-order valence-electron chi connectivity index (χ4n) is 3.86. The van der Waals surface area contributed by atoms with Crippen molar-refractivity contribution in [3.05, 3.63) is 0 Å². The first-order valence-electron chi connectivity index (χ1n) is 13.2. The van der Waals surface area contributed by atoms with E-state index in [1.54, 1.807) is 0 Å². The van der Waals surface area contributed by atoms with Crippen molar-refractivity contribution in [2.45, 2.75) is 155 Å². The molecule has 0 unspecified atom stereocenters. The first-order valence-corrected chi connectivity index (χ1v) is 13.2. The van der Waals surface area contributed by atoms with E-state index in [0.717, 1.165) is 25.7 Å². The lowest BCUT2D eigenvalue weighted by atomic mass is 10.1. The van der Waals surface area contributed by atoms with Crippen LogP contribution in [0.2, 0.25) is 0 Å². The predicted molar refractivity (Wildman–Crippen MR) is 129 cm³/mol. The summed E-state index contributed by atoms with van der Waals surface area (Å²) < 4.78 is 0. The van der Waals surface area contributed by atoms with Crippen LogP contribution < -0.4 is 10.6 Å². The summed E-state index contributed by atoms with van der Waals surface area (Å²) in [4.78, 5) is 24.0. The molecule has 0 aromatic rings. The van der Waals surface area contributed by atoms with Crippen molar-refractivity contribution < 1.29 is 9.59 Å². The molecule has 4 heteroatoms. The molecule has 0 aliphatic heterocycles. The molecule has 4 nitrogen and oxygen atoms in total. The van der Waals surface area contributed by atoms with Crippen molar-refractivity contribution in [1.29, 1.82) is 0 Å². The summed E-state index contributed by atoms with van der Waals surface area (Å²) in [6.07, 6.45) is 23.4. The molecule has 178 valence electrons. The molecule has 0 aromatic carbocycles. The Bertz CT molecular complexity index is 362. The molecule has 2 amide bonds. The molecule has 0 aliphatic carbocycles. The molecule has 0 aliphatic rings. The van der Waals surface area contributed by atoms with Crippen molar-refractivity contribution in [3.63, 3.8) is 0 Å². The van der Waals surface area contributed by atoms with E-state index in [-0.39, 0.29) is 18.0 Å². The molecule has 0 aromatic heterocycles. The van der Waals surface area contributed by atoms with Gasteiger partial charge in [0.25, 0.3) is 0 Å². The van der Waals surface area contributed by atoms with E-state index in [1.807, 2.05) is 6.92 Å². The van der Waals surface area contributed by atoms with Gasteiger partial charge in [0.15, 0.2) is 0 Å². The normalized spacial score (nSPS) is 11.1. The lowest BCUT2D eigenvalue weighted by Crippen LogP contribution is -2.45. The van der Waals surface area contributed by atoms with E-state index in [9.17, 15) is 9.59 Å². The van der Waals surface area contributed by atoms with Crippen LogP contribution in [0.3, 0.4) is 0 Å². The van der Waals surface area contributed by atoms with Crippen LogP contribution in [0.4, 0.5) is 0 Å². The Kier molecular flexibility index (Phi) is 21.8. The van der Waals surface area contributed by atoms with E-state index in [2.05, 4.69) is 24.5 Å². The highest BCUT2D eigenvalue weighted by molar-refractivity contribution is 5.79. The molecular formula is C26H52N2O2. The van der Waals surface area contributed by atoms with Crippen LogP contribution in [0.15, 0.2) is 0 Å². The molecule has 0 radical (unpaired) electrons. The molecule has 0 heterocycles. The topological polar surface area (TPSA) is 58.2 Å². The molecule has 0 saturated heterocycles. The van der Waals surface area contributed by atoms with Gasteiger partial charge in [-0.05, 0) is 19.8 Å². The fourth-order valence-corrected chi connectivity index (χ4v) is 3.86. The highest BCUT2D eigenvalue weighted by Gasteiger charge is 2.10. The van der Waals surface area contributed by atoms with Gasteiger partial charge in [-0.1, -0.05) is 117 Å². The number of carbonyl (C=O) groups is 2. The standard InChI is InChI=1S/C26H52N2O2/c1-4-6-8-10-12-14-16-18-20-22-25(29)27-24(3)28-26(30)23-21-19-17-15-13-11-9-7-5-2/h24H,4-23H2,1-3H3,(H,27,29)(H,28,30). The molecule has 0 saturated carbocycles. The lowest BCUT2D eigenvalue weighted by Gasteiger charge is -2.16. The van der Waals surface area contributed by atoms with Crippen molar-refractivity contribution in [2.24, 2.45) is 0 Å². The first kappa shape index (κ1) is 28.9. The highest BCUT2D eigenvalue weighted by Crippen LogP contribution is 2.11. The maximum atomic E-state index is 12.0. The average Bonchev–Trinajstić information content (AvgIpc) is 2.71. The monoisotopic (exact) mass is 424 g/mol. The molecule has 2 N–H and O–H groups in total. The van der Waals surface area contributed by atoms with Crippen LogP contribution in [-0.2, 0) is 9.59 Å². The summed E-state index contributed by atoms with van der Waals surface area (Å²) >= 11 is 0. The molecule has 0 bridgehead atoms. The van der Waals surface area contributed by atoms with E-state index >= 15 is 0 Å². The van der Waals surface area contributed by atoms with Gasteiger partial charge in [0.2, 0.25) is 11.8 Å². The van der Waals surface area contributed by atoms with Crippen LogP contribution in [0.1, 0.15) is 149 Å². The number of carbonyl (C=O) groups excluding carboxylic acids is 2. The van der Waals surface area contributed by atoms with Crippen LogP contribution in [0, 0.1) is 0 Å². The van der Waals surface area contributed by atoms with E-state index in [1.165, 1.54) is 89.9 Å². The van der Waals surface area contributed by atoms with Gasteiger partial charge < -0.3 is 10.6 Å². The zero-order valence-electron chi connectivity index (χ0n) is 20.5. The zero-order chi connectivity index (χ0) is 22.3. The Morgan fingerprint density at radius 3 is 1.07 bits per heavy atom. The maximum Gasteiger partial charge on any atom is 0.221 e. The fraction of sp³-hybridized carbons (Fsp3) is 0.923. The van der Waals surface area contributed by atoms with Crippen molar-refractivity contribution in [3.8, 4) is 0 Å². The second-order valence-electron chi connectivity index (χ2n) is 9.01. The van der Waals surface area contributed by atoms with Gasteiger partial charge in [-0.25, -0.2) is 0 Å². The summed E-state index contributed by atoms with van der Waals surface area (Å²) in [5.74, 6) is 0.0997. The van der Waals surface area contributed by atoms with Crippen molar-refractivity contribution in [2.75, 3.05) is 0 Å². The van der Waals surface area contributed by atoms with Gasteiger partial charge in [-0.2, -0.15) is 0 Å². The van der Waals surface area contributed by atoms with Crippen molar-refractivity contribution in [1.82, 2.24) is 10.6 Å². The number of unbranched alkanes of at least 4 members (excludes halogenated alkanes) is 16. The zero-order valence-corrected chi connectivity index (χ0v) is 20.5. The van der Waals surface area contributed by atoms with Crippen LogP contribution in [0.5, 0.6) is 0 Å². The number of nitrogens with one attached hydrogen (secondary N) is 2. The van der Waals surface area contributed by atoms with Gasteiger partial charge in [0, 0.05) is 12.8 Å². The number of amides is 2. The smallest absolute Gasteiger partial charge is 0.221 e. The third-order valence-electron chi connectivity index (χ3n) is 5.77. The summed E-state index contributed by atoms with van der Waals surface area (Å²) in [7, 11) is 0. The number of hydrogen-bond donors (Lipinski definition) is 2. The third kappa shape index (κ3) is 21.6. The van der Waals surface area contributed by atoms with E-state index in [4.69, 9.17) is 0 Å². The Morgan fingerprint density at radius 2 is 0.767 bits per heavy atom. The number of hydrogen-bond acceptors (Lipinski definition) is 2. The second kappa shape index (κ2) is 22.6. The maximum absolute atomic E-state index is 12.0. The Hall–Kier alpha value is -1.06. The first-order chi connectivity index (χ1) is 14.6. The minimum atomic E-state index is -0.276. The van der Waals surface area contributed by atoms with Gasteiger partial charge in [0.05, 0.1) is 6.17 Å². The molecule has 0 atom stereocenters. The van der Waals surface area contributed by atoms with Gasteiger partial charge in [0.1, 0.15) is 0 Å². The highest BCUT2D eigenvalue weighted by atomic mass is 16.2. The average molecular weight is 425 g/mol. The van der Waals surface area contributed by atoms with Gasteiger partial charge in [-0.15, -0.1) is 0 Å². The van der Waals surface area contributed by atoms with Gasteiger partial charge >= 0.3 is 0 Å². The molecule has 0 fully saturated rings. The number of rotatable bonds is 22. The van der Waals surface area contributed by atoms with Crippen LogP contribution in [0.25, 0.3) is 0 Å². The van der Waals surface area contributed by atoms with E-state index in [0.29, 0.717) is 12.8 Å². The summed E-state index contributed by atoms with van der Waals surface area (Å²) in [5.41, 5.74) is 0. The molecular weight excluding hydrogens is 372 g/mol. The summed E-state index contributed by atoms with van der Waals surface area (Å²) in [5, 5.41) is 5.80. The Balaban J connectivity index is 3.48. The largest absolute Gasteiger partial charge is 0.336 e. The molecule has 0 spiro atoms. The van der Waals surface area contributed by atoms with Crippen LogP contribution >= 0.6 is 0 Å². The van der Waals surface area contributed by atoms with Gasteiger partial charge in [-0.3, -0.25) is 9.59 Å². The third-order valence-corrected chi connectivity index (χ3v) is 5.77. The Labute approximate surface area is 187 Å². The SMILES string of the molecule is CCCCCCCCCCCC(=O)NC(C)NC(=O)CCCCCCCCCCC. The van der Waals surface area contributed by atoms with Crippen molar-refractivity contribution >= 4 is 11.8 Å². The summed E-state index contributed by atoms with van der Waals surface area (Å²) in [6.45, 7) is 6.34. The minimum absolute atomic E-state index is 0.0498. The predicted octanol–water partition coefficient (Wildman–Crippen LogP) is 7.41. The second-order valence-corrected chi connectivity index (χ2v) is 9.01. The molecule has 30 heavy (non-hydrogen) atoms.